The van der Waals surface area contributed by atoms with Crippen molar-refractivity contribution in [2.24, 2.45) is 0 Å². The summed E-state index contributed by atoms with van der Waals surface area (Å²) in [7, 11) is -3.97. The van der Waals surface area contributed by atoms with Crippen molar-refractivity contribution in [2.45, 2.75) is 11.8 Å². The standard InChI is InChI=1S/C18H14N2O6S/c1-11-2-8-14(9-3-11)27(24,25)26-13-6-4-12(5-7-13)10-15-16(21)19-18(23)20-17(15)22/h2-10H,1H3,(H2,19,20,21,22,23). The van der Waals surface area contributed by atoms with Gasteiger partial charge < -0.3 is 4.18 Å². The highest BCUT2D eigenvalue weighted by Crippen LogP contribution is 2.20. The SMILES string of the molecule is Cc1ccc(S(=O)(=O)Oc2ccc(C=C3C(=O)NC(=O)NC3=O)cc2)cc1. The molecular formula is C18H14N2O6S. The molecule has 1 heterocycles. The molecule has 0 atom stereocenters. The first kappa shape index (κ1) is 18.3. The van der Waals surface area contributed by atoms with E-state index in [0.29, 0.717) is 5.56 Å². The van der Waals surface area contributed by atoms with Crippen LogP contribution in [0.5, 0.6) is 5.75 Å². The molecule has 2 aromatic carbocycles. The summed E-state index contributed by atoms with van der Waals surface area (Å²) in [5.74, 6) is -1.55. The predicted octanol–water partition coefficient (Wildman–Crippen LogP) is 1.51. The molecule has 1 aliphatic rings. The molecule has 3 rings (SSSR count). The van der Waals surface area contributed by atoms with Gasteiger partial charge in [-0.3, -0.25) is 20.2 Å². The molecule has 1 saturated heterocycles. The molecule has 2 aromatic rings. The van der Waals surface area contributed by atoms with Crippen LogP contribution in [0.25, 0.3) is 6.08 Å². The molecule has 0 radical (unpaired) electrons. The van der Waals surface area contributed by atoms with Crippen LogP contribution in [0.15, 0.2) is 59.0 Å². The normalized spacial score (nSPS) is 14.4. The molecule has 4 amide bonds. The Bertz CT molecular complexity index is 1030. The van der Waals surface area contributed by atoms with E-state index in [9.17, 15) is 22.8 Å². The number of hydrogen-bond acceptors (Lipinski definition) is 6. The van der Waals surface area contributed by atoms with Crippen LogP contribution in [-0.2, 0) is 19.7 Å². The Hall–Kier alpha value is -3.46. The Balaban J connectivity index is 1.78. The van der Waals surface area contributed by atoms with Crippen LogP contribution < -0.4 is 14.8 Å². The lowest BCUT2D eigenvalue weighted by molar-refractivity contribution is -0.123. The number of aryl methyl sites for hydroxylation is 1. The summed E-state index contributed by atoms with van der Waals surface area (Å²) in [5, 5.41) is 3.92. The van der Waals surface area contributed by atoms with Crippen molar-refractivity contribution < 1.29 is 27.0 Å². The van der Waals surface area contributed by atoms with E-state index in [1.807, 2.05) is 17.6 Å². The Morgan fingerprint density at radius 2 is 1.41 bits per heavy atom. The minimum Gasteiger partial charge on any atom is -0.379 e. The van der Waals surface area contributed by atoms with Gasteiger partial charge in [-0.25, -0.2) is 4.79 Å². The highest BCUT2D eigenvalue weighted by Gasteiger charge is 2.27. The number of urea groups is 1. The second-order valence-electron chi connectivity index (χ2n) is 5.71. The van der Waals surface area contributed by atoms with Crippen molar-refractivity contribution in [3.63, 3.8) is 0 Å². The van der Waals surface area contributed by atoms with Crippen LogP contribution in [0.3, 0.4) is 0 Å². The topological polar surface area (TPSA) is 119 Å². The van der Waals surface area contributed by atoms with Crippen LogP contribution in [0.4, 0.5) is 4.79 Å². The fraction of sp³-hybridized carbons (Fsp3) is 0.0556. The molecule has 9 heteroatoms. The summed E-state index contributed by atoms with van der Waals surface area (Å²) < 4.78 is 29.6. The summed E-state index contributed by atoms with van der Waals surface area (Å²) in [6.45, 7) is 1.84. The molecular weight excluding hydrogens is 372 g/mol. The molecule has 1 aliphatic heterocycles. The van der Waals surface area contributed by atoms with Crippen molar-refractivity contribution in [2.75, 3.05) is 0 Å². The molecule has 8 nitrogen and oxygen atoms in total. The van der Waals surface area contributed by atoms with Gasteiger partial charge in [0.05, 0.1) is 0 Å². The van der Waals surface area contributed by atoms with Gasteiger partial charge in [0.25, 0.3) is 11.8 Å². The van der Waals surface area contributed by atoms with Crippen LogP contribution >= 0.6 is 0 Å². The van der Waals surface area contributed by atoms with E-state index in [2.05, 4.69) is 0 Å². The van der Waals surface area contributed by atoms with Crippen LogP contribution in [0, 0.1) is 6.92 Å². The lowest BCUT2D eigenvalue weighted by atomic mass is 10.1. The number of rotatable bonds is 4. The molecule has 0 saturated carbocycles. The molecule has 0 bridgehead atoms. The van der Waals surface area contributed by atoms with Gasteiger partial charge in [-0.05, 0) is 42.8 Å². The van der Waals surface area contributed by atoms with Crippen molar-refractivity contribution in [3.8, 4) is 5.75 Å². The average Bonchev–Trinajstić information content (AvgIpc) is 2.59. The number of nitrogens with one attached hydrogen (secondary N) is 2. The van der Waals surface area contributed by atoms with E-state index in [1.165, 1.54) is 42.5 Å². The Labute approximate surface area is 155 Å². The van der Waals surface area contributed by atoms with Crippen molar-refractivity contribution in [3.05, 3.63) is 65.2 Å². The van der Waals surface area contributed by atoms with E-state index >= 15 is 0 Å². The fourth-order valence-electron chi connectivity index (χ4n) is 2.27. The first-order valence-corrected chi connectivity index (χ1v) is 9.15. The zero-order valence-electron chi connectivity index (χ0n) is 14.1. The molecule has 2 N–H and O–H groups in total. The number of imide groups is 2. The average molecular weight is 386 g/mol. The Morgan fingerprint density at radius 1 is 0.852 bits per heavy atom. The fourth-order valence-corrected chi connectivity index (χ4v) is 3.20. The third-order valence-electron chi connectivity index (χ3n) is 3.65. The lowest BCUT2D eigenvalue weighted by Crippen LogP contribution is -2.51. The van der Waals surface area contributed by atoms with Crippen LogP contribution in [0.2, 0.25) is 0 Å². The number of carbonyl (C=O) groups is 3. The van der Waals surface area contributed by atoms with Crippen molar-refractivity contribution in [1.82, 2.24) is 10.6 Å². The maximum Gasteiger partial charge on any atom is 0.339 e. The van der Waals surface area contributed by atoms with Gasteiger partial charge in [0, 0.05) is 0 Å². The number of amides is 4. The number of carbonyl (C=O) groups excluding carboxylic acids is 3. The van der Waals surface area contributed by atoms with E-state index < -0.39 is 28.0 Å². The molecule has 0 spiro atoms. The van der Waals surface area contributed by atoms with Gasteiger partial charge in [0.15, 0.2) is 0 Å². The minimum atomic E-state index is -3.97. The molecule has 0 unspecified atom stereocenters. The summed E-state index contributed by atoms with van der Waals surface area (Å²) in [4.78, 5) is 34.4. The van der Waals surface area contributed by atoms with Crippen molar-refractivity contribution in [1.29, 1.82) is 0 Å². The summed E-state index contributed by atoms with van der Waals surface area (Å²) in [6, 6.07) is 11.1. The smallest absolute Gasteiger partial charge is 0.339 e. The Kier molecular flexibility index (Phi) is 4.78. The van der Waals surface area contributed by atoms with Gasteiger partial charge >= 0.3 is 16.1 Å². The van der Waals surface area contributed by atoms with Gasteiger partial charge in [0.1, 0.15) is 16.2 Å². The zero-order chi connectivity index (χ0) is 19.6. The second kappa shape index (κ2) is 7.04. The Morgan fingerprint density at radius 3 is 1.96 bits per heavy atom. The third kappa shape index (κ3) is 4.21. The highest BCUT2D eigenvalue weighted by atomic mass is 32.2. The number of benzene rings is 2. The largest absolute Gasteiger partial charge is 0.379 e. The second-order valence-corrected chi connectivity index (χ2v) is 7.26. The van der Waals surface area contributed by atoms with E-state index in [1.54, 1.807) is 12.1 Å². The van der Waals surface area contributed by atoms with Gasteiger partial charge in [0.2, 0.25) is 0 Å². The summed E-state index contributed by atoms with van der Waals surface area (Å²) >= 11 is 0. The van der Waals surface area contributed by atoms with Gasteiger partial charge in [-0.15, -0.1) is 0 Å². The van der Waals surface area contributed by atoms with E-state index in [4.69, 9.17) is 4.18 Å². The zero-order valence-corrected chi connectivity index (χ0v) is 14.9. The third-order valence-corrected chi connectivity index (χ3v) is 4.91. The maximum absolute atomic E-state index is 12.3. The maximum atomic E-state index is 12.3. The summed E-state index contributed by atoms with van der Waals surface area (Å²) in [5.41, 5.74) is 1.13. The predicted molar refractivity (Wildman–Crippen MR) is 95.1 cm³/mol. The minimum absolute atomic E-state index is 0.0273. The summed E-state index contributed by atoms with van der Waals surface area (Å²) in [6.07, 6.45) is 1.27. The van der Waals surface area contributed by atoms with E-state index in [-0.39, 0.29) is 16.2 Å². The molecule has 0 aromatic heterocycles. The lowest BCUT2D eigenvalue weighted by Gasteiger charge is -2.13. The molecule has 0 aliphatic carbocycles. The van der Waals surface area contributed by atoms with Crippen LogP contribution in [-0.4, -0.2) is 26.3 Å². The first-order chi connectivity index (χ1) is 12.7. The first-order valence-electron chi connectivity index (χ1n) is 7.74. The molecule has 27 heavy (non-hydrogen) atoms. The van der Waals surface area contributed by atoms with Gasteiger partial charge in [-0.1, -0.05) is 29.8 Å². The number of hydrogen-bond donors (Lipinski definition) is 2. The van der Waals surface area contributed by atoms with Crippen molar-refractivity contribution >= 4 is 34.0 Å². The quantitative estimate of drug-likeness (QED) is 0.467. The highest BCUT2D eigenvalue weighted by molar-refractivity contribution is 7.87. The van der Waals surface area contributed by atoms with Crippen LogP contribution in [0.1, 0.15) is 11.1 Å². The number of barbiturate groups is 1. The molecule has 138 valence electrons. The molecule has 1 fully saturated rings. The van der Waals surface area contributed by atoms with E-state index in [0.717, 1.165) is 5.56 Å². The van der Waals surface area contributed by atoms with Gasteiger partial charge in [-0.2, -0.15) is 8.42 Å². The monoisotopic (exact) mass is 386 g/mol.